The third kappa shape index (κ3) is 3.39. The van der Waals surface area contributed by atoms with Crippen molar-refractivity contribution >= 4 is 45.6 Å². The Balaban J connectivity index is 1.36. The first kappa shape index (κ1) is 18.2. The first-order chi connectivity index (χ1) is 14.1. The summed E-state index contributed by atoms with van der Waals surface area (Å²) in [6.07, 6.45) is 3.68. The Morgan fingerprint density at radius 3 is 2.93 bits per heavy atom. The molecule has 2 amide bonds. The lowest BCUT2D eigenvalue weighted by molar-refractivity contribution is -0.138. The van der Waals surface area contributed by atoms with Crippen LogP contribution < -0.4 is 10.9 Å². The zero-order valence-electron chi connectivity index (χ0n) is 15.7. The maximum atomic E-state index is 12.9. The number of amides is 2. The zero-order chi connectivity index (χ0) is 20.0. The van der Waals surface area contributed by atoms with Crippen molar-refractivity contribution in [1.82, 2.24) is 19.8 Å². The number of thioether (sulfide) groups is 1. The van der Waals surface area contributed by atoms with Gasteiger partial charge < -0.3 is 14.6 Å². The van der Waals surface area contributed by atoms with Crippen molar-refractivity contribution in [1.29, 1.82) is 0 Å². The van der Waals surface area contributed by atoms with E-state index in [9.17, 15) is 14.4 Å². The summed E-state index contributed by atoms with van der Waals surface area (Å²) in [5.41, 5.74) is 0.806. The van der Waals surface area contributed by atoms with Crippen LogP contribution in [0.2, 0.25) is 0 Å². The van der Waals surface area contributed by atoms with E-state index in [0.717, 1.165) is 18.2 Å². The summed E-state index contributed by atoms with van der Waals surface area (Å²) in [6, 6.07) is 6.80. The van der Waals surface area contributed by atoms with E-state index in [2.05, 4.69) is 10.3 Å². The van der Waals surface area contributed by atoms with Crippen LogP contribution in [-0.2, 0) is 16.1 Å². The number of carbonyl (C=O) groups excluding carboxylic acids is 2. The van der Waals surface area contributed by atoms with Gasteiger partial charge in [0.1, 0.15) is 23.7 Å². The fourth-order valence-electron chi connectivity index (χ4n) is 3.55. The quantitative estimate of drug-likeness (QED) is 0.683. The molecule has 1 saturated heterocycles. The van der Waals surface area contributed by atoms with Gasteiger partial charge in [-0.3, -0.25) is 19.0 Å². The molecule has 1 aromatic carbocycles. The van der Waals surface area contributed by atoms with E-state index in [-0.39, 0.29) is 23.9 Å². The first-order valence-corrected chi connectivity index (χ1v) is 10.8. The maximum Gasteiger partial charge on any atom is 0.297 e. The van der Waals surface area contributed by atoms with Crippen LogP contribution in [-0.4, -0.2) is 50.5 Å². The number of rotatable bonds is 5. The molecule has 1 unspecified atom stereocenters. The summed E-state index contributed by atoms with van der Waals surface area (Å²) in [5.74, 6) is 1.19. The molecule has 2 aliphatic rings. The van der Waals surface area contributed by atoms with Gasteiger partial charge in [-0.2, -0.15) is 0 Å². The molecule has 2 fully saturated rings. The van der Waals surface area contributed by atoms with E-state index >= 15 is 0 Å². The Labute approximate surface area is 170 Å². The number of nitrogens with zero attached hydrogens (tertiary/aromatic N) is 3. The van der Waals surface area contributed by atoms with Crippen LogP contribution in [0.1, 0.15) is 12.8 Å². The third-order valence-electron chi connectivity index (χ3n) is 5.42. The predicted molar refractivity (Wildman–Crippen MR) is 109 cm³/mol. The van der Waals surface area contributed by atoms with E-state index in [0.29, 0.717) is 35.2 Å². The van der Waals surface area contributed by atoms with Crippen molar-refractivity contribution in [2.45, 2.75) is 25.4 Å². The summed E-state index contributed by atoms with van der Waals surface area (Å²) in [6.45, 7) is 0.500. The Hall–Kier alpha value is -2.81. The number of para-hydroxylation sites is 1. The average molecular weight is 412 g/mol. The number of carbonyl (C=O) groups is 2. The summed E-state index contributed by atoms with van der Waals surface area (Å²) in [4.78, 5) is 44.0. The molecule has 1 aliphatic carbocycles. The maximum absolute atomic E-state index is 12.9. The summed E-state index contributed by atoms with van der Waals surface area (Å²) in [5, 5.41) is 3.71. The predicted octanol–water partition coefficient (Wildman–Crippen LogP) is 1.57. The van der Waals surface area contributed by atoms with Crippen LogP contribution >= 0.6 is 11.8 Å². The molecule has 1 atom stereocenters. The van der Waals surface area contributed by atoms with Crippen molar-refractivity contribution in [2.24, 2.45) is 5.92 Å². The van der Waals surface area contributed by atoms with Gasteiger partial charge in [-0.15, -0.1) is 11.8 Å². The van der Waals surface area contributed by atoms with Gasteiger partial charge in [-0.1, -0.05) is 12.1 Å². The number of hydrogen-bond donors (Lipinski definition) is 1. The Morgan fingerprint density at radius 2 is 2.10 bits per heavy atom. The van der Waals surface area contributed by atoms with Crippen LogP contribution in [0.15, 0.2) is 39.8 Å². The lowest BCUT2D eigenvalue weighted by Gasteiger charge is -2.23. The Morgan fingerprint density at radius 1 is 1.28 bits per heavy atom. The number of benzene rings is 1. The van der Waals surface area contributed by atoms with Gasteiger partial charge in [-0.25, -0.2) is 4.98 Å². The molecule has 0 spiro atoms. The van der Waals surface area contributed by atoms with Crippen LogP contribution in [0.25, 0.3) is 22.1 Å². The van der Waals surface area contributed by atoms with Gasteiger partial charge in [0.05, 0.1) is 12.2 Å². The smallest absolute Gasteiger partial charge is 0.297 e. The molecule has 1 N–H and O–H groups in total. The van der Waals surface area contributed by atoms with Crippen molar-refractivity contribution in [3.8, 4) is 0 Å². The molecular weight excluding hydrogens is 392 g/mol. The lowest BCUT2D eigenvalue weighted by atomic mass is 10.2. The van der Waals surface area contributed by atoms with Gasteiger partial charge in [-0.05, 0) is 30.9 Å². The summed E-state index contributed by atoms with van der Waals surface area (Å²) < 4.78 is 6.91. The number of hydrogen-bond acceptors (Lipinski definition) is 6. The number of furan rings is 1. The monoisotopic (exact) mass is 412 g/mol. The third-order valence-corrected chi connectivity index (χ3v) is 6.44. The van der Waals surface area contributed by atoms with Crippen molar-refractivity contribution < 1.29 is 14.0 Å². The van der Waals surface area contributed by atoms with E-state index in [4.69, 9.17) is 4.42 Å². The molecule has 9 heteroatoms. The molecule has 29 heavy (non-hydrogen) atoms. The van der Waals surface area contributed by atoms with Gasteiger partial charge in [0, 0.05) is 17.7 Å². The van der Waals surface area contributed by atoms with Crippen LogP contribution in [0.4, 0.5) is 0 Å². The van der Waals surface area contributed by atoms with Crippen molar-refractivity contribution in [3.05, 3.63) is 40.9 Å². The summed E-state index contributed by atoms with van der Waals surface area (Å²) in [7, 11) is 0. The molecule has 1 aliphatic heterocycles. The minimum atomic E-state index is -0.496. The summed E-state index contributed by atoms with van der Waals surface area (Å²) >= 11 is 1.54. The largest absolute Gasteiger partial charge is 0.448 e. The van der Waals surface area contributed by atoms with Gasteiger partial charge >= 0.3 is 0 Å². The highest BCUT2D eigenvalue weighted by Gasteiger charge is 2.35. The zero-order valence-corrected chi connectivity index (χ0v) is 16.5. The molecule has 3 heterocycles. The molecule has 2 aromatic heterocycles. The Bertz CT molecular complexity index is 1170. The van der Waals surface area contributed by atoms with Crippen LogP contribution in [0.5, 0.6) is 0 Å². The minimum Gasteiger partial charge on any atom is -0.448 e. The Kier molecular flexibility index (Phi) is 4.54. The van der Waals surface area contributed by atoms with Crippen LogP contribution in [0, 0.1) is 5.92 Å². The molecule has 150 valence electrons. The average Bonchev–Trinajstić information content (AvgIpc) is 3.28. The fraction of sp³-hybridized carbons (Fsp3) is 0.400. The van der Waals surface area contributed by atoms with Crippen molar-refractivity contribution in [2.75, 3.05) is 18.2 Å². The van der Waals surface area contributed by atoms with Gasteiger partial charge in [0.2, 0.25) is 17.4 Å². The number of fused-ring (bicyclic) bond motifs is 3. The van der Waals surface area contributed by atoms with E-state index in [1.54, 1.807) is 11.0 Å². The molecule has 0 bridgehead atoms. The molecule has 5 rings (SSSR count). The number of nitrogens with one attached hydrogen (secondary N) is 1. The molecule has 3 aromatic rings. The fourth-order valence-corrected chi connectivity index (χ4v) is 4.74. The minimum absolute atomic E-state index is 0.117. The lowest BCUT2D eigenvalue weighted by Crippen LogP contribution is -2.49. The van der Waals surface area contributed by atoms with E-state index in [1.165, 1.54) is 22.7 Å². The van der Waals surface area contributed by atoms with Gasteiger partial charge in [0.15, 0.2) is 0 Å². The molecule has 1 saturated carbocycles. The SMILES string of the molecule is O=C(NCC1CC1)C1CSCN1C(=O)Cn1cnc2c(oc3ccccc32)c1=O. The number of aromatic nitrogens is 2. The highest BCUT2D eigenvalue weighted by molar-refractivity contribution is 7.99. The second-order valence-electron chi connectivity index (χ2n) is 7.52. The molecular formula is C20H20N4O4S. The second-order valence-corrected chi connectivity index (χ2v) is 8.52. The van der Waals surface area contributed by atoms with Crippen LogP contribution in [0.3, 0.4) is 0 Å². The molecule has 0 radical (unpaired) electrons. The topological polar surface area (TPSA) is 97.4 Å². The highest BCUT2D eigenvalue weighted by atomic mass is 32.2. The van der Waals surface area contributed by atoms with E-state index < -0.39 is 11.6 Å². The van der Waals surface area contributed by atoms with E-state index in [1.807, 2.05) is 18.2 Å². The molecule has 8 nitrogen and oxygen atoms in total. The van der Waals surface area contributed by atoms with Gasteiger partial charge in [0.25, 0.3) is 5.56 Å². The second kappa shape index (κ2) is 7.22. The normalized spacial score (nSPS) is 19.2. The van der Waals surface area contributed by atoms with Crippen molar-refractivity contribution in [3.63, 3.8) is 0 Å². The highest BCUT2D eigenvalue weighted by Crippen LogP contribution is 2.28. The standard InChI is InChI=1S/C20H20N4O4S/c25-16(24-11-29-9-14(24)19(26)21-7-12-5-6-12)8-23-10-22-17-13-3-1-2-4-15(13)28-18(17)20(23)27/h1-4,10,12,14H,5-9,11H2,(H,21,26). The first-order valence-electron chi connectivity index (χ1n) is 9.63.